The van der Waals surface area contributed by atoms with Crippen molar-refractivity contribution in [3.05, 3.63) is 64.5 Å². The van der Waals surface area contributed by atoms with E-state index in [9.17, 15) is 0 Å². The minimum absolute atomic E-state index is 0.446. The molecular formula is C29H35BrN8. The summed E-state index contributed by atoms with van der Waals surface area (Å²) in [6.45, 7) is 9.32. The van der Waals surface area contributed by atoms with E-state index >= 15 is 0 Å². The van der Waals surface area contributed by atoms with Crippen molar-refractivity contribution in [2.45, 2.75) is 32.4 Å². The summed E-state index contributed by atoms with van der Waals surface area (Å²) in [4.78, 5) is 24.9. The number of hydrogen-bond acceptors (Lipinski definition) is 7. The molecule has 2 aliphatic rings. The van der Waals surface area contributed by atoms with Gasteiger partial charge in [0.15, 0.2) is 5.65 Å². The minimum Gasteiger partial charge on any atom is -0.379 e. The molecule has 6 rings (SSSR count). The van der Waals surface area contributed by atoms with Gasteiger partial charge in [-0.25, -0.2) is 9.97 Å². The number of likely N-dealkylation sites (tertiary alicyclic amines) is 1. The van der Waals surface area contributed by atoms with E-state index in [0.29, 0.717) is 6.04 Å². The van der Waals surface area contributed by atoms with Gasteiger partial charge < -0.3 is 20.1 Å². The Labute approximate surface area is 232 Å². The van der Waals surface area contributed by atoms with Crippen molar-refractivity contribution in [1.29, 1.82) is 0 Å². The molecule has 2 saturated heterocycles. The number of nitrogens with one attached hydrogen (secondary N) is 2. The van der Waals surface area contributed by atoms with Crippen LogP contribution >= 0.6 is 15.9 Å². The molecule has 0 aliphatic carbocycles. The number of piperidine rings is 1. The SMILES string of the molecule is Cc1ccc(CN2CCN(c3ccc(-c4nc5c(NC6CCN(C)CC6)c(Br)cnc5[nH]4)cc3)CC2)nc1. The number of imidazole rings is 1. The summed E-state index contributed by atoms with van der Waals surface area (Å²) in [5, 5.41) is 3.74. The van der Waals surface area contributed by atoms with Crippen molar-refractivity contribution >= 4 is 38.5 Å². The van der Waals surface area contributed by atoms with Crippen LogP contribution in [-0.2, 0) is 6.54 Å². The molecule has 0 atom stereocenters. The number of hydrogen-bond donors (Lipinski definition) is 2. The second kappa shape index (κ2) is 11.0. The summed E-state index contributed by atoms with van der Waals surface area (Å²) in [5.41, 5.74) is 7.39. The maximum atomic E-state index is 4.97. The van der Waals surface area contributed by atoms with Crippen LogP contribution in [0.5, 0.6) is 0 Å². The summed E-state index contributed by atoms with van der Waals surface area (Å²) in [6, 6.07) is 13.5. The molecule has 198 valence electrons. The number of halogens is 1. The molecule has 0 radical (unpaired) electrons. The Morgan fingerprint density at radius 2 is 1.71 bits per heavy atom. The standard InChI is InChI=1S/C29H35BrN8/c1-20-3-6-23(31-17-20)19-37-13-15-38(16-14-37)24-7-4-21(5-8-24)28-34-27-26(25(30)18-32-29(27)35-28)33-22-9-11-36(2)12-10-22/h3-8,17-18,22H,9-16,19H2,1-2H3,(H2,32,33,34,35). The summed E-state index contributed by atoms with van der Waals surface area (Å²) in [7, 11) is 2.19. The van der Waals surface area contributed by atoms with Gasteiger partial charge in [0.05, 0.1) is 15.9 Å². The zero-order valence-electron chi connectivity index (χ0n) is 22.1. The third-order valence-corrected chi connectivity index (χ3v) is 8.37. The molecular weight excluding hydrogens is 540 g/mol. The molecule has 1 aromatic carbocycles. The Hall–Kier alpha value is -3.01. The number of rotatable bonds is 6. The number of nitrogens with zero attached hydrogens (tertiary/aromatic N) is 6. The first kappa shape index (κ1) is 25.3. The Kier molecular flexibility index (Phi) is 7.32. The molecule has 0 spiro atoms. The number of aryl methyl sites for hydroxylation is 1. The highest BCUT2D eigenvalue weighted by atomic mass is 79.9. The zero-order chi connectivity index (χ0) is 26.1. The monoisotopic (exact) mass is 574 g/mol. The van der Waals surface area contributed by atoms with Crippen LogP contribution in [0.3, 0.4) is 0 Å². The molecule has 0 saturated carbocycles. The number of piperazine rings is 1. The van der Waals surface area contributed by atoms with E-state index in [4.69, 9.17) is 4.98 Å². The molecule has 2 aliphatic heterocycles. The van der Waals surface area contributed by atoms with E-state index in [0.717, 1.165) is 97.1 Å². The third kappa shape index (κ3) is 5.55. The van der Waals surface area contributed by atoms with Crippen LogP contribution in [0.1, 0.15) is 24.1 Å². The molecule has 3 aromatic heterocycles. The smallest absolute Gasteiger partial charge is 0.159 e. The van der Waals surface area contributed by atoms with Crippen molar-refractivity contribution in [2.24, 2.45) is 0 Å². The largest absolute Gasteiger partial charge is 0.379 e. The van der Waals surface area contributed by atoms with Crippen LogP contribution < -0.4 is 10.2 Å². The quantitative estimate of drug-likeness (QED) is 0.338. The number of aromatic amines is 1. The lowest BCUT2D eigenvalue weighted by molar-refractivity contribution is 0.247. The van der Waals surface area contributed by atoms with E-state index in [1.54, 1.807) is 0 Å². The first-order chi connectivity index (χ1) is 18.5. The van der Waals surface area contributed by atoms with Gasteiger partial charge in [0.2, 0.25) is 0 Å². The molecule has 0 amide bonds. The number of fused-ring (bicyclic) bond motifs is 1. The van der Waals surface area contributed by atoms with E-state index in [2.05, 4.69) is 101 Å². The highest BCUT2D eigenvalue weighted by Crippen LogP contribution is 2.33. The lowest BCUT2D eigenvalue weighted by Crippen LogP contribution is -2.46. The first-order valence-corrected chi connectivity index (χ1v) is 14.3. The van der Waals surface area contributed by atoms with Gasteiger partial charge >= 0.3 is 0 Å². The number of aromatic nitrogens is 4. The predicted octanol–water partition coefficient (Wildman–Crippen LogP) is 4.92. The Bertz CT molecular complexity index is 1370. The number of anilines is 2. The van der Waals surface area contributed by atoms with Crippen LogP contribution in [0.25, 0.3) is 22.6 Å². The average Bonchev–Trinajstić information content (AvgIpc) is 3.38. The van der Waals surface area contributed by atoms with Gasteiger partial charge in [0, 0.05) is 62.4 Å². The maximum absolute atomic E-state index is 4.97. The Morgan fingerprint density at radius 1 is 0.947 bits per heavy atom. The molecule has 0 bridgehead atoms. The van der Waals surface area contributed by atoms with Crippen LogP contribution in [0.2, 0.25) is 0 Å². The highest BCUT2D eigenvalue weighted by molar-refractivity contribution is 9.10. The fraction of sp³-hybridized carbons (Fsp3) is 0.414. The van der Waals surface area contributed by atoms with Crippen molar-refractivity contribution in [3.8, 4) is 11.4 Å². The minimum atomic E-state index is 0.446. The first-order valence-electron chi connectivity index (χ1n) is 13.5. The van der Waals surface area contributed by atoms with Crippen LogP contribution in [0.15, 0.2) is 53.3 Å². The molecule has 4 aromatic rings. The third-order valence-electron chi connectivity index (χ3n) is 7.77. The van der Waals surface area contributed by atoms with Crippen LogP contribution in [0.4, 0.5) is 11.4 Å². The van der Waals surface area contributed by atoms with E-state index in [1.165, 1.54) is 11.3 Å². The lowest BCUT2D eigenvalue weighted by Gasteiger charge is -2.36. The van der Waals surface area contributed by atoms with Gasteiger partial charge in [-0.15, -0.1) is 0 Å². The van der Waals surface area contributed by atoms with Crippen LogP contribution in [0, 0.1) is 6.92 Å². The van der Waals surface area contributed by atoms with Gasteiger partial charge in [-0.05, 0) is 91.7 Å². The second-order valence-electron chi connectivity index (χ2n) is 10.6. The molecule has 5 heterocycles. The van der Waals surface area contributed by atoms with E-state index in [1.807, 2.05) is 12.4 Å². The fourth-order valence-electron chi connectivity index (χ4n) is 5.38. The number of benzene rings is 1. The fourth-order valence-corrected chi connectivity index (χ4v) is 5.78. The molecule has 2 N–H and O–H groups in total. The predicted molar refractivity (Wildman–Crippen MR) is 158 cm³/mol. The second-order valence-corrected chi connectivity index (χ2v) is 11.5. The van der Waals surface area contributed by atoms with E-state index < -0.39 is 0 Å². The van der Waals surface area contributed by atoms with Crippen molar-refractivity contribution in [3.63, 3.8) is 0 Å². The number of H-pyrrole nitrogens is 1. The van der Waals surface area contributed by atoms with Gasteiger partial charge in [-0.1, -0.05) is 6.07 Å². The lowest BCUT2D eigenvalue weighted by atomic mass is 10.1. The van der Waals surface area contributed by atoms with Gasteiger partial charge in [0.1, 0.15) is 11.3 Å². The number of pyridine rings is 2. The normalized spacial score (nSPS) is 17.8. The van der Waals surface area contributed by atoms with E-state index in [-0.39, 0.29) is 0 Å². The summed E-state index contributed by atoms with van der Waals surface area (Å²) >= 11 is 3.70. The average molecular weight is 576 g/mol. The molecule has 38 heavy (non-hydrogen) atoms. The Balaban J connectivity index is 1.12. The van der Waals surface area contributed by atoms with Crippen molar-refractivity contribution in [1.82, 2.24) is 29.7 Å². The van der Waals surface area contributed by atoms with Gasteiger partial charge in [-0.3, -0.25) is 9.88 Å². The van der Waals surface area contributed by atoms with Crippen LogP contribution in [-0.4, -0.2) is 82.1 Å². The van der Waals surface area contributed by atoms with Gasteiger partial charge in [-0.2, -0.15) is 0 Å². The van der Waals surface area contributed by atoms with Crippen molar-refractivity contribution in [2.75, 3.05) is 56.5 Å². The van der Waals surface area contributed by atoms with Crippen molar-refractivity contribution < 1.29 is 0 Å². The molecule has 8 nitrogen and oxygen atoms in total. The zero-order valence-corrected chi connectivity index (χ0v) is 23.7. The molecule has 0 unspecified atom stereocenters. The molecule has 9 heteroatoms. The topological polar surface area (TPSA) is 76.2 Å². The molecule has 2 fully saturated rings. The summed E-state index contributed by atoms with van der Waals surface area (Å²) < 4.78 is 0.953. The van der Waals surface area contributed by atoms with Gasteiger partial charge in [0.25, 0.3) is 0 Å². The Morgan fingerprint density at radius 3 is 2.42 bits per heavy atom. The maximum Gasteiger partial charge on any atom is 0.159 e. The highest BCUT2D eigenvalue weighted by Gasteiger charge is 2.21. The summed E-state index contributed by atoms with van der Waals surface area (Å²) in [5.74, 6) is 0.846. The summed E-state index contributed by atoms with van der Waals surface area (Å²) in [6.07, 6.45) is 6.07.